The lowest BCUT2D eigenvalue weighted by molar-refractivity contribution is 0.0697. The molecule has 0 heterocycles. The van der Waals surface area contributed by atoms with Crippen LogP contribution >= 0.6 is 0 Å². The fourth-order valence-corrected chi connectivity index (χ4v) is 4.36. The molecule has 0 aliphatic heterocycles. The van der Waals surface area contributed by atoms with Crippen molar-refractivity contribution in [3.05, 3.63) is 23.8 Å². The fraction of sp³-hybridized carbons (Fsp3) is 0.632. The molecule has 2 aliphatic carbocycles. The molecule has 0 atom stereocenters. The van der Waals surface area contributed by atoms with Crippen LogP contribution in [0.4, 0.5) is 11.4 Å². The van der Waals surface area contributed by atoms with Gasteiger partial charge in [-0.2, -0.15) is 0 Å². The number of hydrogen-bond acceptors (Lipinski definition) is 3. The van der Waals surface area contributed by atoms with E-state index in [9.17, 15) is 9.90 Å². The maximum Gasteiger partial charge on any atom is 0.337 e. The molecule has 0 bridgehead atoms. The molecule has 0 unspecified atom stereocenters. The van der Waals surface area contributed by atoms with E-state index in [1.165, 1.54) is 64.2 Å². The first-order valence-electron chi connectivity index (χ1n) is 9.08. The van der Waals surface area contributed by atoms with Crippen molar-refractivity contribution in [3.8, 4) is 0 Å². The lowest BCUT2D eigenvalue weighted by Crippen LogP contribution is -2.46. The molecular weight excluding hydrogens is 288 g/mol. The van der Waals surface area contributed by atoms with E-state index < -0.39 is 5.97 Å². The quantitative estimate of drug-likeness (QED) is 0.806. The average molecular weight is 316 g/mol. The highest BCUT2D eigenvalue weighted by atomic mass is 16.4. The predicted octanol–water partition coefficient (Wildman–Crippen LogP) is 4.44. The monoisotopic (exact) mass is 316 g/mol. The SMILES string of the molecule is Nc1ccc(N(C2CCCCC2)C2CCCCC2)c(C(=O)O)c1. The summed E-state index contributed by atoms with van der Waals surface area (Å²) in [6.07, 6.45) is 12.4. The summed E-state index contributed by atoms with van der Waals surface area (Å²) in [6, 6.07) is 6.36. The van der Waals surface area contributed by atoms with Crippen molar-refractivity contribution in [2.75, 3.05) is 10.6 Å². The number of hydrogen-bond donors (Lipinski definition) is 2. The molecule has 2 fully saturated rings. The molecule has 2 saturated carbocycles. The third kappa shape index (κ3) is 3.62. The molecule has 3 rings (SSSR count). The molecule has 23 heavy (non-hydrogen) atoms. The molecule has 0 saturated heterocycles. The number of benzene rings is 1. The van der Waals surface area contributed by atoms with Gasteiger partial charge in [0.1, 0.15) is 0 Å². The molecule has 0 amide bonds. The Morgan fingerprint density at radius 3 is 1.96 bits per heavy atom. The normalized spacial score (nSPS) is 20.3. The largest absolute Gasteiger partial charge is 0.478 e. The van der Waals surface area contributed by atoms with Crippen LogP contribution in [0.3, 0.4) is 0 Å². The van der Waals surface area contributed by atoms with Gasteiger partial charge in [0.05, 0.1) is 11.3 Å². The van der Waals surface area contributed by atoms with E-state index in [-0.39, 0.29) is 0 Å². The Balaban J connectivity index is 1.98. The summed E-state index contributed by atoms with van der Waals surface area (Å²) in [4.78, 5) is 14.2. The molecule has 4 nitrogen and oxygen atoms in total. The second-order valence-corrected chi connectivity index (χ2v) is 7.07. The summed E-state index contributed by atoms with van der Waals surface area (Å²) in [5.41, 5.74) is 7.61. The molecule has 4 heteroatoms. The van der Waals surface area contributed by atoms with Crippen molar-refractivity contribution < 1.29 is 9.90 Å². The number of nitrogens with zero attached hydrogens (tertiary/aromatic N) is 1. The minimum atomic E-state index is -0.871. The molecule has 0 radical (unpaired) electrons. The topological polar surface area (TPSA) is 66.6 Å². The van der Waals surface area contributed by atoms with Gasteiger partial charge in [-0.3, -0.25) is 0 Å². The van der Waals surface area contributed by atoms with Gasteiger partial charge in [0.2, 0.25) is 0 Å². The maximum absolute atomic E-state index is 11.8. The van der Waals surface area contributed by atoms with Crippen LogP contribution in [0.1, 0.15) is 74.6 Å². The number of carbonyl (C=O) groups is 1. The highest BCUT2D eigenvalue weighted by Crippen LogP contribution is 2.36. The third-order valence-corrected chi connectivity index (χ3v) is 5.47. The van der Waals surface area contributed by atoms with E-state index in [0.717, 1.165) is 5.69 Å². The number of carboxylic acid groups (broad SMARTS) is 1. The van der Waals surface area contributed by atoms with Gasteiger partial charge >= 0.3 is 5.97 Å². The van der Waals surface area contributed by atoms with Crippen LogP contribution in [-0.2, 0) is 0 Å². The van der Waals surface area contributed by atoms with Gasteiger partial charge in [-0.25, -0.2) is 4.79 Å². The third-order valence-electron chi connectivity index (χ3n) is 5.47. The Morgan fingerprint density at radius 2 is 1.48 bits per heavy atom. The van der Waals surface area contributed by atoms with E-state index >= 15 is 0 Å². The smallest absolute Gasteiger partial charge is 0.337 e. The number of rotatable bonds is 4. The van der Waals surface area contributed by atoms with Gasteiger partial charge in [0, 0.05) is 17.8 Å². The van der Waals surface area contributed by atoms with E-state index in [1.54, 1.807) is 6.07 Å². The van der Waals surface area contributed by atoms with Crippen molar-refractivity contribution in [2.45, 2.75) is 76.3 Å². The van der Waals surface area contributed by atoms with Crippen LogP contribution < -0.4 is 10.6 Å². The van der Waals surface area contributed by atoms with Gasteiger partial charge in [0.15, 0.2) is 0 Å². The zero-order valence-corrected chi connectivity index (χ0v) is 13.8. The van der Waals surface area contributed by atoms with Crippen LogP contribution in [0.2, 0.25) is 0 Å². The van der Waals surface area contributed by atoms with Gasteiger partial charge < -0.3 is 15.7 Å². The minimum Gasteiger partial charge on any atom is -0.478 e. The van der Waals surface area contributed by atoms with Crippen LogP contribution in [-0.4, -0.2) is 23.2 Å². The summed E-state index contributed by atoms with van der Waals surface area (Å²) in [5, 5.41) is 9.65. The van der Waals surface area contributed by atoms with Crippen molar-refractivity contribution in [2.24, 2.45) is 0 Å². The maximum atomic E-state index is 11.8. The van der Waals surface area contributed by atoms with Crippen molar-refractivity contribution in [3.63, 3.8) is 0 Å². The van der Waals surface area contributed by atoms with Crippen LogP contribution in [0.25, 0.3) is 0 Å². The Morgan fingerprint density at radius 1 is 0.957 bits per heavy atom. The van der Waals surface area contributed by atoms with Gasteiger partial charge in [0.25, 0.3) is 0 Å². The number of aromatic carboxylic acids is 1. The second-order valence-electron chi connectivity index (χ2n) is 7.07. The van der Waals surface area contributed by atoms with E-state index in [1.807, 2.05) is 12.1 Å². The fourth-order valence-electron chi connectivity index (χ4n) is 4.36. The highest BCUT2D eigenvalue weighted by Gasteiger charge is 2.31. The zero-order chi connectivity index (χ0) is 16.2. The average Bonchev–Trinajstić information content (AvgIpc) is 2.58. The van der Waals surface area contributed by atoms with Gasteiger partial charge in [-0.05, 0) is 43.9 Å². The lowest BCUT2D eigenvalue weighted by atomic mass is 9.87. The number of anilines is 2. The van der Waals surface area contributed by atoms with Crippen molar-refractivity contribution >= 4 is 17.3 Å². The standard InChI is InChI=1S/C19H28N2O2/c20-14-11-12-18(17(13-14)19(22)23)21(15-7-3-1-4-8-15)16-9-5-2-6-10-16/h11-13,15-16H,1-10,20H2,(H,22,23). The Bertz CT molecular complexity index is 528. The van der Waals surface area contributed by atoms with Crippen molar-refractivity contribution in [1.29, 1.82) is 0 Å². The van der Waals surface area contributed by atoms with Crippen LogP contribution in [0, 0.1) is 0 Å². The van der Waals surface area contributed by atoms with E-state index in [0.29, 0.717) is 23.3 Å². The minimum absolute atomic E-state index is 0.362. The first-order valence-corrected chi connectivity index (χ1v) is 9.08. The van der Waals surface area contributed by atoms with Crippen LogP contribution in [0.5, 0.6) is 0 Å². The summed E-state index contributed by atoms with van der Waals surface area (Å²) in [7, 11) is 0. The van der Waals surface area contributed by atoms with E-state index in [4.69, 9.17) is 5.73 Å². The molecule has 126 valence electrons. The first-order chi connectivity index (χ1) is 11.2. The Hall–Kier alpha value is -1.71. The first kappa shape index (κ1) is 16.2. The number of carboxylic acids is 1. The summed E-state index contributed by atoms with van der Waals surface area (Å²) >= 11 is 0. The number of nitrogen functional groups attached to an aromatic ring is 1. The second kappa shape index (κ2) is 7.24. The molecule has 1 aromatic carbocycles. The van der Waals surface area contributed by atoms with Crippen molar-refractivity contribution in [1.82, 2.24) is 0 Å². The zero-order valence-electron chi connectivity index (χ0n) is 13.8. The molecular formula is C19H28N2O2. The summed E-state index contributed by atoms with van der Waals surface area (Å²) < 4.78 is 0. The molecule has 0 aromatic heterocycles. The Labute approximate surface area is 138 Å². The van der Waals surface area contributed by atoms with E-state index in [2.05, 4.69) is 4.90 Å². The Kier molecular flexibility index (Phi) is 5.09. The highest BCUT2D eigenvalue weighted by molar-refractivity contribution is 5.95. The summed E-state index contributed by atoms with van der Waals surface area (Å²) in [5.74, 6) is -0.871. The van der Waals surface area contributed by atoms with Gasteiger partial charge in [-0.15, -0.1) is 0 Å². The molecule has 0 spiro atoms. The molecule has 2 aliphatic rings. The molecule has 1 aromatic rings. The molecule has 3 N–H and O–H groups in total. The predicted molar refractivity (Wildman–Crippen MR) is 94.0 cm³/mol. The van der Waals surface area contributed by atoms with Gasteiger partial charge in [-0.1, -0.05) is 38.5 Å². The number of nitrogens with two attached hydrogens (primary N) is 1. The summed E-state index contributed by atoms with van der Waals surface area (Å²) in [6.45, 7) is 0. The lowest BCUT2D eigenvalue weighted by Gasteiger charge is -2.44. The van der Waals surface area contributed by atoms with Crippen LogP contribution in [0.15, 0.2) is 18.2 Å².